The molecule has 7 rings (SSSR count). The van der Waals surface area contributed by atoms with Gasteiger partial charge in [0.05, 0.1) is 5.92 Å². The van der Waals surface area contributed by atoms with Crippen molar-refractivity contribution in [2.45, 2.75) is 51.6 Å². The Kier molecular flexibility index (Phi) is 6.27. The van der Waals surface area contributed by atoms with Crippen LogP contribution in [0.5, 0.6) is 11.5 Å². The van der Waals surface area contributed by atoms with Gasteiger partial charge in [-0.1, -0.05) is 12.5 Å². The van der Waals surface area contributed by atoms with Crippen LogP contribution in [0.2, 0.25) is 0 Å². The van der Waals surface area contributed by atoms with Gasteiger partial charge in [-0.3, -0.25) is 9.69 Å². The quantitative estimate of drug-likeness (QED) is 0.522. The number of piperidine rings is 1. The molecule has 4 aliphatic rings. The molecule has 38 heavy (non-hydrogen) atoms. The zero-order chi connectivity index (χ0) is 25.5. The largest absolute Gasteiger partial charge is 0.454 e. The lowest BCUT2D eigenvalue weighted by Gasteiger charge is -2.39. The minimum absolute atomic E-state index is 0.00499. The second-order valence-electron chi connectivity index (χ2n) is 10.9. The fourth-order valence-corrected chi connectivity index (χ4v) is 6.41. The van der Waals surface area contributed by atoms with Crippen LogP contribution in [0.1, 0.15) is 43.5 Å². The molecule has 1 amide bonds. The second kappa shape index (κ2) is 10.1. The van der Waals surface area contributed by atoms with Gasteiger partial charge in [-0.25, -0.2) is 15.0 Å². The Balaban J connectivity index is 0.995. The summed E-state index contributed by atoms with van der Waals surface area (Å²) in [6.07, 6.45) is 8.17. The highest BCUT2D eigenvalue weighted by Crippen LogP contribution is 2.33. The van der Waals surface area contributed by atoms with Gasteiger partial charge in [0.25, 0.3) is 0 Å². The highest BCUT2D eigenvalue weighted by Gasteiger charge is 2.33. The number of imidazole rings is 1. The Labute approximate surface area is 222 Å². The highest BCUT2D eigenvalue weighted by molar-refractivity contribution is 5.85. The first kappa shape index (κ1) is 23.7. The monoisotopic (exact) mass is 517 g/mol. The van der Waals surface area contributed by atoms with E-state index in [1.807, 2.05) is 6.07 Å². The number of anilines is 1. The van der Waals surface area contributed by atoms with E-state index in [0.29, 0.717) is 13.3 Å². The second-order valence-corrected chi connectivity index (χ2v) is 10.9. The van der Waals surface area contributed by atoms with Gasteiger partial charge in [0.1, 0.15) is 12.2 Å². The third kappa shape index (κ3) is 4.44. The number of carbonyl (C=O) groups is 1. The fourth-order valence-electron chi connectivity index (χ4n) is 6.41. The van der Waals surface area contributed by atoms with Crippen LogP contribution in [0, 0.1) is 5.92 Å². The predicted octanol–water partition coefficient (Wildman–Crippen LogP) is 2.84. The molecule has 200 valence electrons. The van der Waals surface area contributed by atoms with Crippen molar-refractivity contribution in [2.75, 3.05) is 51.0 Å². The van der Waals surface area contributed by atoms with E-state index in [0.717, 1.165) is 99.4 Å². The van der Waals surface area contributed by atoms with Crippen LogP contribution in [0.15, 0.2) is 24.5 Å². The Morgan fingerprint density at radius 2 is 1.84 bits per heavy atom. The number of nitrogens with zero attached hydrogens (tertiary/aromatic N) is 7. The van der Waals surface area contributed by atoms with E-state index in [-0.39, 0.29) is 11.8 Å². The molecule has 1 atom stereocenters. The number of rotatable bonds is 4. The summed E-state index contributed by atoms with van der Waals surface area (Å²) in [4.78, 5) is 34.6. The SMILES string of the molecule is O=C(C1CCCN(c2ncnc3c2nc2n3CCCCC2)C1)N1CCN(Cc2ccc3c(c2)OCO3)CC1. The third-order valence-corrected chi connectivity index (χ3v) is 8.47. The summed E-state index contributed by atoms with van der Waals surface area (Å²) in [7, 11) is 0. The van der Waals surface area contributed by atoms with Crippen LogP contribution in [-0.4, -0.2) is 81.3 Å². The average Bonchev–Trinajstić information content (AvgIpc) is 3.50. The lowest BCUT2D eigenvalue weighted by molar-refractivity contribution is -0.137. The zero-order valence-electron chi connectivity index (χ0n) is 21.8. The van der Waals surface area contributed by atoms with Crippen molar-refractivity contribution in [1.82, 2.24) is 29.3 Å². The summed E-state index contributed by atoms with van der Waals surface area (Å²) in [5.74, 6) is 3.93. The molecule has 0 N–H and O–H groups in total. The summed E-state index contributed by atoms with van der Waals surface area (Å²) in [6, 6.07) is 6.15. The molecule has 1 unspecified atom stereocenters. The molecule has 10 heteroatoms. The molecule has 1 aromatic carbocycles. The maximum atomic E-state index is 13.6. The van der Waals surface area contributed by atoms with Crippen LogP contribution in [-0.2, 0) is 24.3 Å². The van der Waals surface area contributed by atoms with Crippen LogP contribution >= 0.6 is 0 Å². The minimum Gasteiger partial charge on any atom is -0.454 e. The Hall–Kier alpha value is -3.40. The van der Waals surface area contributed by atoms with Crippen LogP contribution in [0.25, 0.3) is 11.2 Å². The van der Waals surface area contributed by atoms with Crippen molar-refractivity contribution in [3.8, 4) is 11.5 Å². The molecule has 0 radical (unpaired) electrons. The van der Waals surface area contributed by atoms with E-state index in [9.17, 15) is 4.79 Å². The molecule has 3 aromatic rings. The van der Waals surface area contributed by atoms with Gasteiger partial charge in [-0.05, 0) is 43.4 Å². The first-order valence-electron chi connectivity index (χ1n) is 14.1. The normalized spacial score (nSPS) is 21.9. The molecule has 4 aliphatic heterocycles. The molecule has 6 heterocycles. The number of carbonyl (C=O) groups excluding carboxylic acids is 1. The van der Waals surface area contributed by atoms with E-state index in [4.69, 9.17) is 14.5 Å². The number of aromatic nitrogens is 4. The number of hydrogen-bond acceptors (Lipinski definition) is 8. The summed E-state index contributed by atoms with van der Waals surface area (Å²) in [5, 5.41) is 0. The van der Waals surface area contributed by atoms with Gasteiger partial charge < -0.3 is 23.8 Å². The first-order valence-corrected chi connectivity index (χ1v) is 14.1. The van der Waals surface area contributed by atoms with Gasteiger partial charge in [0, 0.05) is 58.8 Å². The topological polar surface area (TPSA) is 88.9 Å². The molecule has 0 saturated carbocycles. The fraction of sp³-hybridized carbons (Fsp3) is 0.571. The van der Waals surface area contributed by atoms with Crippen LogP contribution < -0.4 is 14.4 Å². The van der Waals surface area contributed by atoms with E-state index in [1.165, 1.54) is 24.8 Å². The number of benzene rings is 1. The van der Waals surface area contributed by atoms with Gasteiger partial charge in [-0.2, -0.15) is 0 Å². The molecular formula is C28H35N7O3. The van der Waals surface area contributed by atoms with E-state index < -0.39 is 0 Å². The van der Waals surface area contributed by atoms with Crippen molar-refractivity contribution in [3.63, 3.8) is 0 Å². The number of hydrogen-bond donors (Lipinski definition) is 0. The Bertz CT molecular complexity index is 1330. The Morgan fingerprint density at radius 3 is 2.76 bits per heavy atom. The lowest BCUT2D eigenvalue weighted by atomic mass is 9.96. The number of fused-ring (bicyclic) bond motifs is 4. The number of amides is 1. The van der Waals surface area contributed by atoms with E-state index >= 15 is 0 Å². The molecule has 2 aromatic heterocycles. The summed E-state index contributed by atoms with van der Waals surface area (Å²) >= 11 is 0. The molecule has 0 bridgehead atoms. The van der Waals surface area contributed by atoms with Crippen molar-refractivity contribution >= 4 is 22.9 Å². The van der Waals surface area contributed by atoms with E-state index in [1.54, 1.807) is 6.33 Å². The predicted molar refractivity (Wildman–Crippen MR) is 142 cm³/mol. The first-order chi connectivity index (χ1) is 18.7. The molecule has 2 fully saturated rings. The number of piperazine rings is 1. The third-order valence-electron chi connectivity index (χ3n) is 8.47. The summed E-state index contributed by atoms with van der Waals surface area (Å²) in [6.45, 7) is 7.03. The maximum Gasteiger partial charge on any atom is 0.231 e. The smallest absolute Gasteiger partial charge is 0.231 e. The van der Waals surface area contributed by atoms with Crippen LogP contribution in [0.3, 0.4) is 0 Å². The minimum atomic E-state index is -0.00499. The van der Waals surface area contributed by atoms with Gasteiger partial charge in [0.2, 0.25) is 12.7 Å². The molecule has 2 saturated heterocycles. The average molecular weight is 518 g/mol. The lowest BCUT2D eigenvalue weighted by Crippen LogP contribution is -2.52. The molecular weight excluding hydrogens is 482 g/mol. The van der Waals surface area contributed by atoms with Gasteiger partial charge in [0.15, 0.2) is 28.5 Å². The Morgan fingerprint density at radius 1 is 0.947 bits per heavy atom. The highest BCUT2D eigenvalue weighted by atomic mass is 16.7. The van der Waals surface area contributed by atoms with Crippen molar-refractivity contribution in [1.29, 1.82) is 0 Å². The summed E-state index contributed by atoms with van der Waals surface area (Å²) in [5.41, 5.74) is 3.05. The van der Waals surface area contributed by atoms with Crippen LogP contribution in [0.4, 0.5) is 5.82 Å². The summed E-state index contributed by atoms with van der Waals surface area (Å²) < 4.78 is 13.2. The molecule has 10 nitrogen and oxygen atoms in total. The zero-order valence-corrected chi connectivity index (χ0v) is 21.8. The standard InChI is InChI=1S/C28H35N7O3/c36-28(33-13-11-32(12-14-33)16-20-7-8-22-23(15-20)38-19-37-22)21-5-4-9-34(17-21)26-25-27(30-18-29-26)35-10-3-1-2-6-24(35)31-25/h7-8,15,18,21H,1-6,9-14,16-17,19H2. The maximum absolute atomic E-state index is 13.6. The van der Waals surface area contributed by atoms with Gasteiger partial charge in [-0.15, -0.1) is 0 Å². The number of aryl methyl sites for hydroxylation is 2. The van der Waals surface area contributed by atoms with Crippen molar-refractivity contribution in [2.24, 2.45) is 5.92 Å². The van der Waals surface area contributed by atoms with E-state index in [2.05, 4.69) is 41.4 Å². The van der Waals surface area contributed by atoms with Crippen molar-refractivity contribution < 1.29 is 14.3 Å². The molecule has 0 spiro atoms. The van der Waals surface area contributed by atoms with Gasteiger partial charge >= 0.3 is 0 Å². The number of ether oxygens (including phenoxy) is 2. The molecule has 0 aliphatic carbocycles. The van der Waals surface area contributed by atoms with Crippen molar-refractivity contribution in [3.05, 3.63) is 35.9 Å².